The minimum Gasteiger partial charge on any atom is -0.388 e. The first kappa shape index (κ1) is 13.3. The van der Waals surface area contributed by atoms with Crippen LogP contribution < -0.4 is 5.73 Å². The van der Waals surface area contributed by atoms with Crippen LogP contribution in [0.15, 0.2) is 0 Å². The van der Waals surface area contributed by atoms with Gasteiger partial charge >= 0.3 is 0 Å². The Morgan fingerprint density at radius 3 is 2.65 bits per heavy atom. The van der Waals surface area contributed by atoms with E-state index in [9.17, 15) is 13.5 Å². The van der Waals surface area contributed by atoms with Gasteiger partial charge in [-0.05, 0) is 25.7 Å². The lowest BCUT2D eigenvalue weighted by molar-refractivity contribution is -0.0747. The van der Waals surface area contributed by atoms with Crippen molar-refractivity contribution in [1.29, 1.82) is 0 Å². The second-order valence-corrected chi connectivity index (χ2v) is 7.65. The number of ether oxygens (including phenoxy) is 1. The van der Waals surface area contributed by atoms with Gasteiger partial charge in [0.2, 0.25) is 0 Å². The van der Waals surface area contributed by atoms with Gasteiger partial charge in [0.25, 0.3) is 0 Å². The lowest BCUT2D eigenvalue weighted by Crippen LogP contribution is -2.59. The molecule has 2 rings (SSSR count). The third-order valence-electron chi connectivity index (χ3n) is 4.49. The summed E-state index contributed by atoms with van der Waals surface area (Å²) < 4.78 is 29.0. The molecule has 2 fully saturated rings. The van der Waals surface area contributed by atoms with Gasteiger partial charge in [0.1, 0.15) is 0 Å². The monoisotopic (exact) mass is 263 g/mol. The van der Waals surface area contributed by atoms with Crippen LogP contribution in [-0.4, -0.2) is 50.4 Å². The highest BCUT2D eigenvalue weighted by Gasteiger charge is 2.60. The van der Waals surface area contributed by atoms with Crippen molar-refractivity contribution < 1.29 is 18.3 Å². The first-order valence-electron chi connectivity index (χ1n) is 6.05. The molecule has 17 heavy (non-hydrogen) atoms. The van der Waals surface area contributed by atoms with Crippen molar-refractivity contribution in [2.24, 2.45) is 11.1 Å². The lowest BCUT2D eigenvalue weighted by atomic mass is 9.70. The Balaban J connectivity index is 2.40. The van der Waals surface area contributed by atoms with Gasteiger partial charge in [0.05, 0.1) is 17.5 Å². The summed E-state index contributed by atoms with van der Waals surface area (Å²) in [5.74, 6) is 0. The zero-order chi connectivity index (χ0) is 12.7. The highest BCUT2D eigenvalue weighted by atomic mass is 32.2. The van der Waals surface area contributed by atoms with Crippen LogP contribution in [-0.2, 0) is 14.6 Å². The molecule has 0 bridgehead atoms. The van der Waals surface area contributed by atoms with Crippen LogP contribution in [0.3, 0.4) is 0 Å². The van der Waals surface area contributed by atoms with Crippen LogP contribution in [0.2, 0.25) is 0 Å². The Labute approximate surface area is 102 Å². The third-order valence-corrected chi connectivity index (χ3v) is 6.15. The Morgan fingerprint density at radius 2 is 2.18 bits per heavy atom. The maximum absolute atomic E-state index is 11.8. The summed E-state index contributed by atoms with van der Waals surface area (Å²) >= 11 is 0. The van der Waals surface area contributed by atoms with E-state index in [1.54, 1.807) is 0 Å². The largest absolute Gasteiger partial charge is 0.388 e. The molecular weight excluding hydrogens is 242 g/mol. The quantitative estimate of drug-likeness (QED) is 0.728. The molecule has 1 aliphatic carbocycles. The maximum Gasteiger partial charge on any atom is 0.153 e. The van der Waals surface area contributed by atoms with Gasteiger partial charge < -0.3 is 15.6 Å². The smallest absolute Gasteiger partial charge is 0.153 e. The summed E-state index contributed by atoms with van der Waals surface area (Å²) in [7, 11) is -3.26. The molecule has 0 aromatic carbocycles. The Kier molecular flexibility index (Phi) is 3.27. The van der Waals surface area contributed by atoms with E-state index in [2.05, 4.69) is 0 Å². The second-order valence-electron chi connectivity index (χ2n) is 5.42. The number of nitrogens with two attached hydrogens (primary N) is 1. The van der Waals surface area contributed by atoms with Crippen molar-refractivity contribution >= 4 is 9.84 Å². The van der Waals surface area contributed by atoms with E-state index in [1.165, 1.54) is 6.26 Å². The van der Waals surface area contributed by atoms with Gasteiger partial charge in [-0.1, -0.05) is 0 Å². The summed E-state index contributed by atoms with van der Waals surface area (Å²) in [5, 5.41) is 10.2. The molecule has 1 saturated heterocycles. The molecule has 3 atom stereocenters. The van der Waals surface area contributed by atoms with Crippen molar-refractivity contribution in [3.63, 3.8) is 0 Å². The number of hydrogen-bond acceptors (Lipinski definition) is 5. The third kappa shape index (κ3) is 1.91. The van der Waals surface area contributed by atoms with Crippen LogP contribution >= 0.6 is 0 Å². The van der Waals surface area contributed by atoms with E-state index in [-0.39, 0.29) is 6.54 Å². The molecule has 3 unspecified atom stereocenters. The molecule has 1 aliphatic heterocycles. The number of aliphatic hydroxyl groups is 1. The van der Waals surface area contributed by atoms with E-state index in [0.29, 0.717) is 32.5 Å². The van der Waals surface area contributed by atoms with Crippen molar-refractivity contribution in [3.8, 4) is 0 Å². The van der Waals surface area contributed by atoms with Gasteiger partial charge in [-0.15, -0.1) is 0 Å². The molecule has 100 valence electrons. The predicted octanol–water partition coefficient (Wildman–Crippen LogP) is -0.320. The number of hydrogen-bond donors (Lipinski definition) is 2. The number of sulfone groups is 1. The summed E-state index contributed by atoms with van der Waals surface area (Å²) in [5.41, 5.74) is 4.00. The maximum atomic E-state index is 11.8. The molecule has 2 aliphatic rings. The molecule has 0 spiro atoms. The molecule has 0 aromatic rings. The molecule has 0 amide bonds. The molecule has 5 nitrogen and oxygen atoms in total. The van der Waals surface area contributed by atoms with Crippen molar-refractivity contribution in [2.75, 3.05) is 26.0 Å². The standard InChI is InChI=1S/C11H21NO4S/c1-17(14,15)9-3-2-4-11(9,13)10(7-12)5-6-16-8-10/h9,13H,2-8,12H2,1H3. The molecule has 1 heterocycles. The van der Waals surface area contributed by atoms with Gasteiger partial charge in [0.15, 0.2) is 9.84 Å². The van der Waals surface area contributed by atoms with Crippen molar-refractivity contribution in [2.45, 2.75) is 36.5 Å². The molecule has 0 radical (unpaired) electrons. The van der Waals surface area contributed by atoms with Crippen LogP contribution in [0.4, 0.5) is 0 Å². The normalized spacial score (nSPS) is 43.1. The second kappa shape index (κ2) is 4.19. The molecule has 0 aromatic heterocycles. The zero-order valence-electron chi connectivity index (χ0n) is 10.2. The predicted molar refractivity (Wildman–Crippen MR) is 64.4 cm³/mol. The summed E-state index contributed by atoms with van der Waals surface area (Å²) in [6, 6.07) is 0. The van der Waals surface area contributed by atoms with E-state index in [1.807, 2.05) is 0 Å². The minimum atomic E-state index is -3.26. The van der Waals surface area contributed by atoms with Crippen LogP contribution in [0.25, 0.3) is 0 Å². The van der Waals surface area contributed by atoms with E-state index < -0.39 is 26.1 Å². The summed E-state index contributed by atoms with van der Waals surface area (Å²) in [6.45, 7) is 1.19. The fraction of sp³-hybridized carbons (Fsp3) is 1.00. The minimum absolute atomic E-state index is 0.273. The Bertz CT molecular complexity index is 388. The van der Waals surface area contributed by atoms with Crippen LogP contribution in [0, 0.1) is 5.41 Å². The average Bonchev–Trinajstić information content (AvgIpc) is 2.83. The summed E-state index contributed by atoms with van der Waals surface area (Å²) in [6.07, 6.45) is 3.61. The highest BCUT2D eigenvalue weighted by Crippen LogP contribution is 2.50. The van der Waals surface area contributed by atoms with Gasteiger partial charge in [-0.3, -0.25) is 0 Å². The van der Waals surface area contributed by atoms with E-state index >= 15 is 0 Å². The highest BCUT2D eigenvalue weighted by molar-refractivity contribution is 7.91. The lowest BCUT2D eigenvalue weighted by Gasteiger charge is -2.44. The Morgan fingerprint density at radius 1 is 1.47 bits per heavy atom. The topological polar surface area (TPSA) is 89.6 Å². The summed E-state index contributed by atoms with van der Waals surface area (Å²) in [4.78, 5) is 0. The fourth-order valence-electron chi connectivity index (χ4n) is 3.42. The van der Waals surface area contributed by atoms with Crippen LogP contribution in [0.1, 0.15) is 25.7 Å². The Hall–Kier alpha value is -0.170. The molecule has 1 saturated carbocycles. The zero-order valence-corrected chi connectivity index (χ0v) is 11.0. The number of rotatable bonds is 3. The van der Waals surface area contributed by atoms with Gasteiger partial charge in [-0.2, -0.15) is 0 Å². The molecule has 6 heteroatoms. The van der Waals surface area contributed by atoms with Crippen LogP contribution in [0.5, 0.6) is 0 Å². The van der Waals surface area contributed by atoms with E-state index in [4.69, 9.17) is 10.5 Å². The molecular formula is C11H21NO4S. The molecule has 3 N–H and O–H groups in total. The van der Waals surface area contributed by atoms with Crippen molar-refractivity contribution in [3.05, 3.63) is 0 Å². The SMILES string of the molecule is CS(=O)(=O)C1CCCC1(O)C1(CN)CCOC1. The van der Waals surface area contributed by atoms with Gasteiger partial charge in [0, 0.05) is 24.8 Å². The first-order chi connectivity index (χ1) is 7.86. The fourth-order valence-corrected chi connectivity index (χ4v) is 5.09. The average molecular weight is 263 g/mol. The van der Waals surface area contributed by atoms with E-state index in [0.717, 1.165) is 6.42 Å². The first-order valence-corrected chi connectivity index (χ1v) is 8.00. The van der Waals surface area contributed by atoms with Crippen molar-refractivity contribution in [1.82, 2.24) is 0 Å². The van der Waals surface area contributed by atoms with Gasteiger partial charge in [-0.25, -0.2) is 8.42 Å².